The number of hydrogen-bond acceptors (Lipinski definition) is 4. The van der Waals surface area contributed by atoms with E-state index in [0.717, 1.165) is 41.8 Å². The predicted octanol–water partition coefficient (Wildman–Crippen LogP) is 4.24. The number of amides is 2. The van der Waals surface area contributed by atoms with Gasteiger partial charge < -0.3 is 10.2 Å². The van der Waals surface area contributed by atoms with Crippen molar-refractivity contribution in [1.29, 1.82) is 0 Å². The maximum atomic E-state index is 13.5. The van der Waals surface area contributed by atoms with Crippen LogP contribution in [-0.2, 0) is 26.2 Å². The van der Waals surface area contributed by atoms with Gasteiger partial charge in [0.25, 0.3) is 0 Å². The van der Waals surface area contributed by atoms with Gasteiger partial charge in [0.1, 0.15) is 12.6 Å². The van der Waals surface area contributed by atoms with Gasteiger partial charge in [-0.05, 0) is 61.7 Å². The van der Waals surface area contributed by atoms with Crippen LogP contribution < -0.4 is 9.62 Å². The van der Waals surface area contributed by atoms with Crippen molar-refractivity contribution < 1.29 is 18.0 Å². The number of anilines is 1. The maximum absolute atomic E-state index is 13.5. The second kappa shape index (κ2) is 11.4. The quantitative estimate of drug-likeness (QED) is 0.530. The van der Waals surface area contributed by atoms with Crippen LogP contribution in [0.4, 0.5) is 5.69 Å². The standard InChI is InChI=1S/C24H29Cl2N3O4S/c1-17(24(31)27-21-5-3-4-6-21)28(15-18-7-9-19(25)10-8-18)23(30)16-29(34(2,32)33)22-13-11-20(26)12-14-22/h7-14,17,21H,3-6,15-16H2,1-2H3,(H,27,31)/t17-/m0/s1. The van der Waals surface area contributed by atoms with Gasteiger partial charge in [-0.15, -0.1) is 0 Å². The van der Waals surface area contributed by atoms with Crippen molar-refractivity contribution in [3.8, 4) is 0 Å². The first-order valence-corrected chi connectivity index (χ1v) is 13.7. The van der Waals surface area contributed by atoms with E-state index in [9.17, 15) is 18.0 Å². The zero-order chi connectivity index (χ0) is 24.9. The number of halogens is 2. The molecule has 1 N–H and O–H groups in total. The Morgan fingerprint density at radius 3 is 2.06 bits per heavy atom. The fraction of sp³-hybridized carbons (Fsp3) is 0.417. The molecule has 3 rings (SSSR count). The number of carbonyl (C=O) groups excluding carboxylic acids is 2. The summed E-state index contributed by atoms with van der Waals surface area (Å²) >= 11 is 11.9. The summed E-state index contributed by atoms with van der Waals surface area (Å²) in [4.78, 5) is 27.9. The fourth-order valence-corrected chi connectivity index (χ4v) is 5.08. The normalized spacial score (nSPS) is 15.1. The van der Waals surface area contributed by atoms with Crippen LogP contribution in [0.1, 0.15) is 38.2 Å². The van der Waals surface area contributed by atoms with Crippen LogP contribution in [0, 0.1) is 0 Å². The lowest BCUT2D eigenvalue weighted by Gasteiger charge is -2.32. The molecule has 184 valence electrons. The summed E-state index contributed by atoms with van der Waals surface area (Å²) in [7, 11) is -3.78. The van der Waals surface area contributed by atoms with Gasteiger partial charge in [0.15, 0.2) is 0 Å². The highest BCUT2D eigenvalue weighted by Crippen LogP contribution is 2.22. The Bertz CT molecular complexity index is 1100. The second-order valence-corrected chi connectivity index (χ2v) is 11.3. The molecular weight excluding hydrogens is 497 g/mol. The van der Waals surface area contributed by atoms with Crippen LogP contribution in [0.15, 0.2) is 48.5 Å². The summed E-state index contributed by atoms with van der Waals surface area (Å²) in [5, 5.41) is 4.03. The van der Waals surface area contributed by atoms with Crippen molar-refractivity contribution in [2.75, 3.05) is 17.1 Å². The molecular formula is C24H29Cl2N3O4S. The summed E-state index contributed by atoms with van der Waals surface area (Å²) in [6.07, 6.45) is 5.01. The zero-order valence-electron chi connectivity index (χ0n) is 19.2. The molecule has 34 heavy (non-hydrogen) atoms. The Morgan fingerprint density at radius 1 is 1.00 bits per heavy atom. The van der Waals surface area contributed by atoms with Crippen LogP contribution in [0.5, 0.6) is 0 Å². The third kappa shape index (κ3) is 7.10. The Balaban J connectivity index is 1.86. The van der Waals surface area contributed by atoms with Gasteiger partial charge in [0.2, 0.25) is 21.8 Å². The van der Waals surface area contributed by atoms with E-state index in [0.29, 0.717) is 15.7 Å². The average molecular weight is 526 g/mol. The lowest BCUT2D eigenvalue weighted by molar-refractivity contribution is -0.139. The highest BCUT2D eigenvalue weighted by atomic mass is 35.5. The molecule has 0 aromatic heterocycles. The van der Waals surface area contributed by atoms with Gasteiger partial charge in [-0.3, -0.25) is 13.9 Å². The van der Waals surface area contributed by atoms with E-state index in [2.05, 4.69) is 5.32 Å². The van der Waals surface area contributed by atoms with E-state index in [1.165, 1.54) is 17.0 Å². The van der Waals surface area contributed by atoms with Gasteiger partial charge >= 0.3 is 0 Å². The molecule has 0 saturated heterocycles. The van der Waals surface area contributed by atoms with Crippen molar-refractivity contribution in [3.63, 3.8) is 0 Å². The number of carbonyl (C=O) groups is 2. The third-order valence-corrected chi connectivity index (χ3v) is 7.57. The minimum atomic E-state index is -3.78. The minimum Gasteiger partial charge on any atom is -0.352 e. The molecule has 0 heterocycles. The minimum absolute atomic E-state index is 0.101. The first-order chi connectivity index (χ1) is 16.0. The predicted molar refractivity (Wildman–Crippen MR) is 136 cm³/mol. The Morgan fingerprint density at radius 2 is 1.53 bits per heavy atom. The zero-order valence-corrected chi connectivity index (χ0v) is 21.5. The summed E-state index contributed by atoms with van der Waals surface area (Å²) in [5.41, 5.74) is 1.09. The topological polar surface area (TPSA) is 86.8 Å². The molecule has 10 heteroatoms. The molecule has 7 nitrogen and oxygen atoms in total. The molecule has 0 radical (unpaired) electrons. The van der Waals surface area contributed by atoms with Crippen LogP contribution in [-0.4, -0.2) is 50.0 Å². The average Bonchev–Trinajstić information content (AvgIpc) is 3.29. The smallest absolute Gasteiger partial charge is 0.244 e. The highest BCUT2D eigenvalue weighted by Gasteiger charge is 2.31. The van der Waals surface area contributed by atoms with Crippen molar-refractivity contribution in [1.82, 2.24) is 10.2 Å². The molecule has 0 bridgehead atoms. The molecule has 1 aliphatic carbocycles. The van der Waals surface area contributed by atoms with Crippen molar-refractivity contribution >= 4 is 50.7 Å². The molecule has 0 spiro atoms. The second-order valence-electron chi connectivity index (χ2n) is 8.56. The summed E-state index contributed by atoms with van der Waals surface area (Å²) in [6.45, 7) is 1.34. The number of benzene rings is 2. The molecule has 2 amide bonds. The van der Waals surface area contributed by atoms with Crippen LogP contribution in [0.3, 0.4) is 0 Å². The van der Waals surface area contributed by atoms with Crippen LogP contribution in [0.2, 0.25) is 10.0 Å². The number of rotatable bonds is 9. The van der Waals surface area contributed by atoms with Crippen molar-refractivity contribution in [2.45, 2.75) is 51.2 Å². The maximum Gasteiger partial charge on any atom is 0.244 e. The number of sulfonamides is 1. The lowest BCUT2D eigenvalue weighted by atomic mass is 10.1. The van der Waals surface area contributed by atoms with Gasteiger partial charge in [0.05, 0.1) is 11.9 Å². The SMILES string of the molecule is C[C@@H](C(=O)NC1CCCC1)N(Cc1ccc(Cl)cc1)C(=O)CN(c1ccc(Cl)cc1)S(C)(=O)=O. The van der Waals surface area contributed by atoms with Crippen molar-refractivity contribution in [3.05, 3.63) is 64.1 Å². The van der Waals surface area contributed by atoms with Crippen LogP contribution >= 0.6 is 23.2 Å². The molecule has 1 atom stereocenters. The monoisotopic (exact) mass is 525 g/mol. The Kier molecular flexibility index (Phi) is 8.84. The van der Waals surface area contributed by atoms with Crippen molar-refractivity contribution in [2.24, 2.45) is 0 Å². The molecule has 1 saturated carbocycles. The number of nitrogens with zero attached hydrogens (tertiary/aromatic N) is 2. The highest BCUT2D eigenvalue weighted by molar-refractivity contribution is 7.92. The van der Waals surface area contributed by atoms with E-state index in [1.54, 1.807) is 43.3 Å². The van der Waals surface area contributed by atoms with Gasteiger partial charge in [0, 0.05) is 22.6 Å². The largest absolute Gasteiger partial charge is 0.352 e. The molecule has 0 unspecified atom stereocenters. The molecule has 2 aromatic carbocycles. The molecule has 0 aliphatic heterocycles. The molecule has 1 aliphatic rings. The first-order valence-electron chi connectivity index (χ1n) is 11.1. The fourth-order valence-electron chi connectivity index (χ4n) is 3.98. The van der Waals surface area contributed by atoms with Gasteiger partial charge in [-0.25, -0.2) is 8.42 Å². The van der Waals surface area contributed by atoms with E-state index < -0.39 is 28.5 Å². The van der Waals surface area contributed by atoms with E-state index in [1.807, 2.05) is 0 Å². The summed E-state index contributed by atoms with van der Waals surface area (Å²) in [6, 6.07) is 12.5. The van der Waals surface area contributed by atoms with E-state index >= 15 is 0 Å². The van der Waals surface area contributed by atoms with Gasteiger partial charge in [-0.1, -0.05) is 48.2 Å². The Labute approximate surface area is 211 Å². The molecule has 1 fully saturated rings. The Hall–Kier alpha value is -2.29. The number of hydrogen-bond donors (Lipinski definition) is 1. The van der Waals surface area contributed by atoms with E-state index in [-0.39, 0.29) is 18.5 Å². The van der Waals surface area contributed by atoms with Gasteiger partial charge in [-0.2, -0.15) is 0 Å². The lowest BCUT2D eigenvalue weighted by Crippen LogP contribution is -2.52. The summed E-state index contributed by atoms with van der Waals surface area (Å²) in [5.74, 6) is -0.754. The third-order valence-electron chi connectivity index (χ3n) is 5.93. The van der Waals surface area contributed by atoms with Crippen LogP contribution in [0.25, 0.3) is 0 Å². The molecule has 2 aromatic rings. The summed E-state index contributed by atoms with van der Waals surface area (Å²) < 4.78 is 26.1. The van der Waals surface area contributed by atoms with E-state index in [4.69, 9.17) is 23.2 Å². The first kappa shape index (κ1) is 26.3. The number of nitrogens with one attached hydrogen (secondary N) is 1.